The van der Waals surface area contributed by atoms with Crippen molar-refractivity contribution in [2.45, 2.75) is 19.9 Å². The van der Waals surface area contributed by atoms with Crippen LogP contribution in [-0.4, -0.2) is 17.9 Å². The smallest absolute Gasteiger partial charge is 0.241 e. The van der Waals surface area contributed by atoms with Crippen LogP contribution in [-0.2, 0) is 9.59 Å². The first kappa shape index (κ1) is 13.5. The Morgan fingerprint density at radius 3 is 2.47 bits per heavy atom. The molecule has 0 unspecified atom stereocenters. The normalized spacial score (nSPS) is 11.8. The average molecular weight is 256 g/mol. The molecule has 1 aromatic carbocycles. The molecule has 0 aliphatic rings. The maximum absolute atomic E-state index is 11.5. The topological polar surface area (TPSA) is 84.2 Å². The molecule has 0 aliphatic heterocycles. The zero-order valence-corrected chi connectivity index (χ0v) is 10.3. The molecule has 6 heteroatoms. The predicted molar refractivity (Wildman–Crippen MR) is 68.0 cm³/mol. The summed E-state index contributed by atoms with van der Waals surface area (Å²) >= 11 is 5.82. The molecule has 4 N–H and O–H groups in total. The van der Waals surface area contributed by atoms with Gasteiger partial charge in [0.15, 0.2) is 0 Å². The summed E-state index contributed by atoms with van der Waals surface area (Å²) < 4.78 is 0. The Labute approximate surface area is 104 Å². The third kappa shape index (κ3) is 4.05. The van der Waals surface area contributed by atoms with Gasteiger partial charge in [0.1, 0.15) is 0 Å². The number of nitrogens with one attached hydrogen (secondary N) is 2. The van der Waals surface area contributed by atoms with Crippen molar-refractivity contribution in [2.24, 2.45) is 5.73 Å². The van der Waals surface area contributed by atoms with E-state index in [1.54, 1.807) is 25.1 Å². The summed E-state index contributed by atoms with van der Waals surface area (Å²) in [5.41, 5.74) is 6.35. The van der Waals surface area contributed by atoms with Gasteiger partial charge >= 0.3 is 0 Å². The molecule has 0 aromatic heterocycles. The van der Waals surface area contributed by atoms with Crippen molar-refractivity contribution in [3.05, 3.63) is 23.2 Å². The number of rotatable bonds is 3. The summed E-state index contributed by atoms with van der Waals surface area (Å²) in [6.45, 7) is 2.95. The van der Waals surface area contributed by atoms with Gasteiger partial charge in [0.25, 0.3) is 0 Å². The van der Waals surface area contributed by atoms with E-state index in [0.717, 1.165) is 0 Å². The van der Waals surface area contributed by atoms with E-state index in [0.29, 0.717) is 16.4 Å². The molecule has 0 heterocycles. The summed E-state index contributed by atoms with van der Waals surface area (Å²) in [6.07, 6.45) is 0. The zero-order valence-electron chi connectivity index (χ0n) is 9.58. The van der Waals surface area contributed by atoms with E-state index in [2.05, 4.69) is 10.6 Å². The second kappa shape index (κ2) is 5.65. The van der Waals surface area contributed by atoms with Crippen LogP contribution in [0.3, 0.4) is 0 Å². The number of amides is 2. The van der Waals surface area contributed by atoms with Crippen molar-refractivity contribution in [2.75, 3.05) is 10.6 Å². The Morgan fingerprint density at radius 2 is 1.94 bits per heavy atom. The average Bonchev–Trinajstić information content (AvgIpc) is 2.21. The Balaban J connectivity index is 2.98. The van der Waals surface area contributed by atoms with Crippen molar-refractivity contribution in [3.63, 3.8) is 0 Å². The van der Waals surface area contributed by atoms with Gasteiger partial charge in [-0.2, -0.15) is 0 Å². The number of hydrogen-bond acceptors (Lipinski definition) is 3. The van der Waals surface area contributed by atoms with E-state index in [9.17, 15) is 9.59 Å². The maximum atomic E-state index is 11.5. The molecule has 0 fully saturated rings. The van der Waals surface area contributed by atoms with Crippen molar-refractivity contribution in [1.29, 1.82) is 0 Å². The highest BCUT2D eigenvalue weighted by Gasteiger charge is 2.11. The van der Waals surface area contributed by atoms with Crippen LogP contribution in [0.4, 0.5) is 11.4 Å². The van der Waals surface area contributed by atoms with Gasteiger partial charge in [-0.25, -0.2) is 0 Å². The lowest BCUT2D eigenvalue weighted by molar-refractivity contribution is -0.117. The molecule has 17 heavy (non-hydrogen) atoms. The molecular formula is C11H14ClN3O2. The van der Waals surface area contributed by atoms with Crippen LogP contribution in [0.15, 0.2) is 18.2 Å². The monoisotopic (exact) mass is 255 g/mol. The maximum Gasteiger partial charge on any atom is 0.241 e. The van der Waals surface area contributed by atoms with Gasteiger partial charge in [0, 0.05) is 11.9 Å². The van der Waals surface area contributed by atoms with Crippen LogP contribution in [0.5, 0.6) is 0 Å². The number of halogens is 1. The summed E-state index contributed by atoms with van der Waals surface area (Å²) in [5, 5.41) is 5.64. The lowest BCUT2D eigenvalue weighted by Crippen LogP contribution is -2.32. The number of nitrogens with two attached hydrogens (primary N) is 1. The fourth-order valence-electron chi connectivity index (χ4n) is 1.17. The quantitative estimate of drug-likeness (QED) is 0.767. The van der Waals surface area contributed by atoms with Gasteiger partial charge in [-0.05, 0) is 25.1 Å². The molecule has 5 nitrogen and oxygen atoms in total. The standard InChI is InChI=1S/C11H14ClN3O2/c1-6(13)11(17)15-10-5-8(12)3-4-9(10)14-7(2)16/h3-6H,13H2,1-2H3,(H,14,16)(H,15,17)/t6-/m0/s1. The van der Waals surface area contributed by atoms with Crippen LogP contribution in [0.25, 0.3) is 0 Å². The Kier molecular flexibility index (Phi) is 4.48. The zero-order chi connectivity index (χ0) is 13.0. The molecule has 1 aromatic rings. The number of carbonyl (C=O) groups is 2. The first-order chi connectivity index (χ1) is 7.90. The highest BCUT2D eigenvalue weighted by molar-refractivity contribution is 6.31. The van der Waals surface area contributed by atoms with Crippen LogP contribution in [0.1, 0.15) is 13.8 Å². The summed E-state index contributed by atoms with van der Waals surface area (Å²) in [6, 6.07) is 4.14. The fraction of sp³-hybridized carbons (Fsp3) is 0.273. The minimum absolute atomic E-state index is 0.233. The first-order valence-electron chi connectivity index (χ1n) is 5.03. The molecule has 92 valence electrons. The third-order valence-corrected chi connectivity index (χ3v) is 2.20. The van der Waals surface area contributed by atoms with Crippen LogP contribution >= 0.6 is 11.6 Å². The Morgan fingerprint density at radius 1 is 1.29 bits per heavy atom. The molecule has 1 rings (SSSR count). The van der Waals surface area contributed by atoms with Gasteiger partial charge < -0.3 is 16.4 Å². The first-order valence-corrected chi connectivity index (χ1v) is 5.41. The van der Waals surface area contributed by atoms with Gasteiger partial charge in [0.05, 0.1) is 17.4 Å². The second-order valence-electron chi connectivity index (χ2n) is 3.65. The number of benzene rings is 1. The highest BCUT2D eigenvalue weighted by atomic mass is 35.5. The van der Waals surface area contributed by atoms with Crippen LogP contribution in [0, 0.1) is 0 Å². The molecule has 0 bridgehead atoms. The molecular weight excluding hydrogens is 242 g/mol. The molecule has 0 aliphatic carbocycles. The minimum Gasteiger partial charge on any atom is -0.325 e. The largest absolute Gasteiger partial charge is 0.325 e. The lowest BCUT2D eigenvalue weighted by atomic mass is 10.2. The van der Waals surface area contributed by atoms with Gasteiger partial charge in [-0.3, -0.25) is 9.59 Å². The second-order valence-corrected chi connectivity index (χ2v) is 4.09. The number of anilines is 2. The number of hydrogen-bond donors (Lipinski definition) is 3. The molecule has 0 saturated heterocycles. The highest BCUT2D eigenvalue weighted by Crippen LogP contribution is 2.25. The minimum atomic E-state index is -0.640. The van der Waals surface area contributed by atoms with Crippen molar-refractivity contribution < 1.29 is 9.59 Å². The lowest BCUT2D eigenvalue weighted by Gasteiger charge is -2.13. The summed E-state index contributed by atoms with van der Waals surface area (Å²) in [4.78, 5) is 22.5. The van der Waals surface area contributed by atoms with Gasteiger partial charge in [-0.15, -0.1) is 0 Å². The third-order valence-electron chi connectivity index (χ3n) is 1.96. The molecule has 0 saturated carbocycles. The van der Waals surface area contributed by atoms with Crippen molar-refractivity contribution >= 4 is 34.8 Å². The van der Waals surface area contributed by atoms with Gasteiger partial charge in [0.2, 0.25) is 11.8 Å². The van der Waals surface area contributed by atoms with E-state index < -0.39 is 6.04 Å². The van der Waals surface area contributed by atoms with E-state index in [-0.39, 0.29) is 11.8 Å². The number of carbonyl (C=O) groups excluding carboxylic acids is 2. The molecule has 0 spiro atoms. The van der Waals surface area contributed by atoms with Crippen LogP contribution in [0.2, 0.25) is 5.02 Å². The molecule has 2 amide bonds. The summed E-state index contributed by atoms with van der Waals surface area (Å²) in [7, 11) is 0. The van der Waals surface area contributed by atoms with Crippen molar-refractivity contribution in [1.82, 2.24) is 0 Å². The Bertz CT molecular complexity index is 446. The van der Waals surface area contributed by atoms with E-state index >= 15 is 0 Å². The molecule has 0 radical (unpaired) electrons. The van der Waals surface area contributed by atoms with Gasteiger partial charge in [-0.1, -0.05) is 11.6 Å². The summed E-state index contributed by atoms with van der Waals surface area (Å²) in [5.74, 6) is -0.581. The SMILES string of the molecule is CC(=O)Nc1ccc(Cl)cc1NC(=O)[C@H](C)N. The Hall–Kier alpha value is -1.59. The van der Waals surface area contributed by atoms with E-state index in [1.807, 2.05) is 0 Å². The van der Waals surface area contributed by atoms with E-state index in [4.69, 9.17) is 17.3 Å². The fourth-order valence-corrected chi connectivity index (χ4v) is 1.34. The molecule has 1 atom stereocenters. The van der Waals surface area contributed by atoms with Crippen LogP contribution < -0.4 is 16.4 Å². The van der Waals surface area contributed by atoms with E-state index in [1.165, 1.54) is 6.92 Å². The predicted octanol–water partition coefficient (Wildman–Crippen LogP) is 1.58. The van der Waals surface area contributed by atoms with Crippen molar-refractivity contribution in [3.8, 4) is 0 Å².